The zero-order chi connectivity index (χ0) is 18.8. The van der Waals surface area contributed by atoms with Gasteiger partial charge in [-0.25, -0.2) is 9.97 Å². The molecule has 0 fully saturated rings. The Morgan fingerprint density at radius 3 is 2.73 bits per heavy atom. The van der Waals surface area contributed by atoms with Crippen molar-refractivity contribution in [3.05, 3.63) is 34.9 Å². The number of rotatable bonds is 4. The van der Waals surface area contributed by atoms with Crippen LogP contribution < -0.4 is 11.1 Å². The largest absolute Gasteiger partial charge is 0.368 e. The maximum absolute atomic E-state index is 12.2. The molecular formula is C17H23N7O2. The number of hydrogen-bond acceptors (Lipinski definition) is 6. The molecule has 0 atom stereocenters. The van der Waals surface area contributed by atoms with Gasteiger partial charge in [-0.2, -0.15) is 5.10 Å². The van der Waals surface area contributed by atoms with E-state index in [2.05, 4.69) is 20.4 Å². The van der Waals surface area contributed by atoms with Crippen LogP contribution in [-0.4, -0.2) is 43.0 Å². The highest BCUT2D eigenvalue weighted by molar-refractivity contribution is 5.92. The molecule has 1 aliphatic rings. The average Bonchev–Trinajstić information content (AvgIpc) is 2.99. The first kappa shape index (κ1) is 17.8. The first-order chi connectivity index (χ1) is 12.3. The van der Waals surface area contributed by atoms with E-state index in [1.165, 1.54) is 0 Å². The molecule has 9 heteroatoms. The zero-order valence-corrected chi connectivity index (χ0v) is 15.2. The van der Waals surface area contributed by atoms with E-state index in [1.54, 1.807) is 13.0 Å². The smallest absolute Gasteiger partial charge is 0.270 e. The predicted octanol–water partition coefficient (Wildman–Crippen LogP) is 0.492. The van der Waals surface area contributed by atoms with Crippen molar-refractivity contribution in [1.82, 2.24) is 30.0 Å². The van der Waals surface area contributed by atoms with Crippen LogP contribution in [0.4, 0.5) is 5.95 Å². The topological polar surface area (TPSA) is 119 Å². The van der Waals surface area contributed by atoms with E-state index in [1.807, 2.05) is 29.5 Å². The van der Waals surface area contributed by atoms with Crippen molar-refractivity contribution in [3.63, 3.8) is 0 Å². The average molecular weight is 357 g/mol. The number of carbonyl (C=O) groups is 2. The van der Waals surface area contributed by atoms with Gasteiger partial charge in [0.05, 0.1) is 31.0 Å². The second-order valence-corrected chi connectivity index (χ2v) is 6.70. The fraction of sp³-hybridized carbons (Fsp3) is 0.471. The molecule has 1 aliphatic heterocycles. The molecule has 0 radical (unpaired) electrons. The normalized spacial score (nSPS) is 13.6. The van der Waals surface area contributed by atoms with Crippen molar-refractivity contribution in [3.8, 4) is 0 Å². The number of aryl methyl sites for hydroxylation is 1. The van der Waals surface area contributed by atoms with Crippen LogP contribution in [0.2, 0.25) is 0 Å². The van der Waals surface area contributed by atoms with E-state index in [4.69, 9.17) is 5.73 Å². The van der Waals surface area contributed by atoms with E-state index in [0.717, 1.165) is 11.4 Å². The second kappa shape index (κ2) is 7.11. The molecule has 0 aromatic carbocycles. The maximum Gasteiger partial charge on any atom is 0.270 e. The number of amides is 2. The van der Waals surface area contributed by atoms with Crippen molar-refractivity contribution in [2.75, 3.05) is 12.3 Å². The third-order valence-electron chi connectivity index (χ3n) is 4.19. The number of anilines is 1. The van der Waals surface area contributed by atoms with E-state index in [0.29, 0.717) is 25.3 Å². The first-order valence-corrected chi connectivity index (χ1v) is 8.57. The van der Waals surface area contributed by atoms with Gasteiger partial charge in [-0.1, -0.05) is 13.8 Å². The molecule has 0 bridgehead atoms. The highest BCUT2D eigenvalue weighted by Gasteiger charge is 2.24. The molecule has 0 aliphatic carbocycles. The van der Waals surface area contributed by atoms with Crippen molar-refractivity contribution in [2.24, 2.45) is 5.92 Å². The fourth-order valence-electron chi connectivity index (χ4n) is 2.93. The summed E-state index contributed by atoms with van der Waals surface area (Å²) in [6, 6.07) is 3.50. The van der Waals surface area contributed by atoms with Crippen molar-refractivity contribution < 1.29 is 9.59 Å². The van der Waals surface area contributed by atoms with Gasteiger partial charge in [0.25, 0.3) is 5.91 Å². The molecule has 3 rings (SSSR count). The highest BCUT2D eigenvalue weighted by Crippen LogP contribution is 2.16. The summed E-state index contributed by atoms with van der Waals surface area (Å²) >= 11 is 0. The van der Waals surface area contributed by atoms with E-state index >= 15 is 0 Å². The number of nitrogen functional groups attached to an aromatic ring is 1. The number of nitrogens with zero attached hydrogens (tertiary/aromatic N) is 5. The monoisotopic (exact) mass is 357 g/mol. The molecule has 0 unspecified atom stereocenters. The van der Waals surface area contributed by atoms with Gasteiger partial charge in [-0.05, 0) is 19.1 Å². The Kier molecular flexibility index (Phi) is 4.88. The summed E-state index contributed by atoms with van der Waals surface area (Å²) in [5.41, 5.74) is 8.15. The van der Waals surface area contributed by atoms with Crippen LogP contribution in [0.5, 0.6) is 0 Å². The number of fused-ring (bicyclic) bond motifs is 1. The Morgan fingerprint density at radius 1 is 1.27 bits per heavy atom. The van der Waals surface area contributed by atoms with Crippen LogP contribution >= 0.6 is 0 Å². The Hall–Kier alpha value is -2.97. The lowest BCUT2D eigenvalue weighted by Crippen LogP contribution is -2.40. The van der Waals surface area contributed by atoms with Crippen LogP contribution in [0.1, 0.15) is 41.4 Å². The van der Waals surface area contributed by atoms with Crippen LogP contribution in [0, 0.1) is 12.8 Å². The lowest BCUT2D eigenvalue weighted by Gasteiger charge is -2.29. The summed E-state index contributed by atoms with van der Waals surface area (Å²) in [6.07, 6.45) is 0. The minimum absolute atomic E-state index is 0.0213. The molecule has 3 heterocycles. The summed E-state index contributed by atoms with van der Waals surface area (Å²) in [5, 5.41) is 7.29. The molecule has 0 saturated heterocycles. The predicted molar refractivity (Wildman–Crippen MR) is 94.8 cm³/mol. The van der Waals surface area contributed by atoms with Gasteiger partial charge < -0.3 is 16.0 Å². The number of aromatic nitrogens is 4. The molecule has 0 saturated carbocycles. The lowest BCUT2D eigenvalue weighted by molar-refractivity contribution is -0.136. The molecule has 0 spiro atoms. The standard InChI is InChI=1S/C17H23N7O2/c1-10(2)16(26)23-4-5-24-13(9-23)7-12(22-24)8-19-15(25)14-6-11(3)20-17(18)21-14/h6-7,10H,4-5,8-9H2,1-3H3,(H,19,25)(H2,18,20,21). The minimum atomic E-state index is -0.329. The molecule has 26 heavy (non-hydrogen) atoms. The molecule has 3 N–H and O–H groups in total. The third-order valence-corrected chi connectivity index (χ3v) is 4.19. The summed E-state index contributed by atoms with van der Waals surface area (Å²) in [7, 11) is 0. The fourth-order valence-corrected chi connectivity index (χ4v) is 2.93. The van der Waals surface area contributed by atoms with Gasteiger partial charge in [0.15, 0.2) is 0 Å². The number of nitrogens with two attached hydrogens (primary N) is 1. The Bertz CT molecular complexity index is 823. The van der Waals surface area contributed by atoms with Crippen molar-refractivity contribution in [2.45, 2.75) is 40.4 Å². The molecular weight excluding hydrogens is 334 g/mol. The Balaban J connectivity index is 1.64. The summed E-state index contributed by atoms with van der Waals surface area (Å²) in [6.45, 7) is 7.68. The van der Waals surface area contributed by atoms with Crippen LogP contribution in [0.15, 0.2) is 12.1 Å². The molecule has 2 aromatic rings. The van der Waals surface area contributed by atoms with Gasteiger partial charge in [0, 0.05) is 18.2 Å². The highest BCUT2D eigenvalue weighted by atomic mass is 16.2. The molecule has 2 aromatic heterocycles. The van der Waals surface area contributed by atoms with Gasteiger partial charge in [0.1, 0.15) is 5.69 Å². The van der Waals surface area contributed by atoms with Gasteiger partial charge in [-0.15, -0.1) is 0 Å². The zero-order valence-electron chi connectivity index (χ0n) is 15.2. The third kappa shape index (κ3) is 3.81. The Labute approximate surface area is 151 Å². The molecule has 138 valence electrons. The SMILES string of the molecule is Cc1cc(C(=O)NCc2cc3n(n2)CCN(C(=O)C(C)C)C3)nc(N)n1. The lowest BCUT2D eigenvalue weighted by atomic mass is 10.1. The number of nitrogens with one attached hydrogen (secondary N) is 1. The first-order valence-electron chi connectivity index (χ1n) is 8.57. The van der Waals surface area contributed by atoms with E-state index in [9.17, 15) is 9.59 Å². The van der Waals surface area contributed by atoms with Gasteiger partial charge in [-0.3, -0.25) is 14.3 Å². The quantitative estimate of drug-likeness (QED) is 0.822. The van der Waals surface area contributed by atoms with Crippen LogP contribution in [-0.2, 0) is 24.4 Å². The number of carbonyl (C=O) groups excluding carboxylic acids is 2. The van der Waals surface area contributed by atoms with Crippen molar-refractivity contribution in [1.29, 1.82) is 0 Å². The van der Waals surface area contributed by atoms with E-state index < -0.39 is 0 Å². The summed E-state index contributed by atoms with van der Waals surface area (Å²) in [4.78, 5) is 34.1. The maximum atomic E-state index is 12.2. The van der Waals surface area contributed by atoms with Crippen molar-refractivity contribution >= 4 is 17.8 Å². The summed E-state index contributed by atoms with van der Waals surface area (Å²) in [5.74, 6) is -0.136. The minimum Gasteiger partial charge on any atom is -0.368 e. The van der Waals surface area contributed by atoms with Gasteiger partial charge >= 0.3 is 0 Å². The van der Waals surface area contributed by atoms with E-state index in [-0.39, 0.29) is 35.9 Å². The summed E-state index contributed by atoms with van der Waals surface area (Å²) < 4.78 is 1.89. The molecule has 9 nitrogen and oxygen atoms in total. The number of hydrogen-bond donors (Lipinski definition) is 2. The van der Waals surface area contributed by atoms with Crippen LogP contribution in [0.25, 0.3) is 0 Å². The molecule has 2 amide bonds. The van der Waals surface area contributed by atoms with Crippen LogP contribution in [0.3, 0.4) is 0 Å². The van der Waals surface area contributed by atoms with Gasteiger partial charge in [0.2, 0.25) is 11.9 Å². The Morgan fingerprint density at radius 2 is 2.04 bits per heavy atom. The second-order valence-electron chi connectivity index (χ2n) is 6.70.